The Hall–Kier alpha value is -2.66. The Labute approximate surface area is 130 Å². The largest absolute Gasteiger partial charge is 0.424 e. The number of H-pyrrole nitrogens is 1. The van der Waals surface area contributed by atoms with E-state index in [2.05, 4.69) is 9.97 Å². The van der Waals surface area contributed by atoms with E-state index in [0.717, 1.165) is 0 Å². The zero-order valence-electron chi connectivity index (χ0n) is 11.6. The number of aromatic nitrogens is 2. The molecule has 22 heavy (non-hydrogen) atoms. The van der Waals surface area contributed by atoms with Crippen LogP contribution in [-0.2, 0) is 4.79 Å². The van der Waals surface area contributed by atoms with Gasteiger partial charge in [-0.05, 0) is 30.3 Å². The molecule has 6 heteroatoms. The number of carbonyl (C=O) groups excluding carboxylic acids is 2. The maximum Gasteiger partial charge on any atom is 0.308 e. The molecule has 0 saturated heterocycles. The monoisotopic (exact) mass is 314 g/mol. The van der Waals surface area contributed by atoms with Gasteiger partial charge in [0.1, 0.15) is 11.4 Å². The standard InChI is InChI=1S/C16H11ClN2O3/c1-9(20)22-16-11-6-5-10(17)8-13(11)19-14(16)15(21)12-4-2-3-7-18-12/h2-8,19H,1H3. The lowest BCUT2D eigenvalue weighted by atomic mass is 10.1. The van der Waals surface area contributed by atoms with E-state index in [1.165, 1.54) is 13.1 Å². The number of benzene rings is 1. The van der Waals surface area contributed by atoms with E-state index in [-0.39, 0.29) is 22.9 Å². The molecule has 0 saturated carbocycles. The highest BCUT2D eigenvalue weighted by Gasteiger charge is 2.22. The van der Waals surface area contributed by atoms with Crippen LogP contribution in [0.25, 0.3) is 10.9 Å². The van der Waals surface area contributed by atoms with Crippen molar-refractivity contribution in [3.8, 4) is 5.75 Å². The van der Waals surface area contributed by atoms with Gasteiger partial charge in [0, 0.05) is 23.5 Å². The summed E-state index contributed by atoms with van der Waals surface area (Å²) >= 11 is 5.96. The number of carbonyl (C=O) groups is 2. The molecule has 0 radical (unpaired) electrons. The van der Waals surface area contributed by atoms with Crippen molar-refractivity contribution in [2.75, 3.05) is 0 Å². The van der Waals surface area contributed by atoms with E-state index in [0.29, 0.717) is 15.9 Å². The first-order chi connectivity index (χ1) is 10.6. The molecule has 1 N–H and O–H groups in total. The van der Waals surface area contributed by atoms with Gasteiger partial charge in [-0.25, -0.2) is 0 Å². The Morgan fingerprint density at radius 3 is 2.73 bits per heavy atom. The van der Waals surface area contributed by atoms with Gasteiger partial charge in [-0.2, -0.15) is 0 Å². The van der Waals surface area contributed by atoms with Crippen LogP contribution < -0.4 is 4.74 Å². The van der Waals surface area contributed by atoms with E-state index in [1.54, 1.807) is 36.4 Å². The first-order valence-electron chi connectivity index (χ1n) is 6.51. The molecule has 0 spiro atoms. The third-order valence-electron chi connectivity index (χ3n) is 3.08. The fourth-order valence-electron chi connectivity index (χ4n) is 2.18. The average Bonchev–Trinajstić information content (AvgIpc) is 2.84. The molecule has 0 fully saturated rings. The summed E-state index contributed by atoms with van der Waals surface area (Å²) in [4.78, 5) is 30.9. The highest BCUT2D eigenvalue weighted by atomic mass is 35.5. The topological polar surface area (TPSA) is 72.1 Å². The van der Waals surface area contributed by atoms with Gasteiger partial charge in [-0.3, -0.25) is 14.6 Å². The molecule has 0 aliphatic rings. The van der Waals surface area contributed by atoms with E-state index in [9.17, 15) is 9.59 Å². The highest BCUT2D eigenvalue weighted by Crippen LogP contribution is 2.33. The fraction of sp³-hybridized carbons (Fsp3) is 0.0625. The lowest BCUT2D eigenvalue weighted by Gasteiger charge is -2.03. The van der Waals surface area contributed by atoms with Crippen LogP contribution in [0.2, 0.25) is 5.02 Å². The third kappa shape index (κ3) is 2.58. The van der Waals surface area contributed by atoms with Gasteiger partial charge in [0.15, 0.2) is 5.75 Å². The molecule has 0 amide bonds. The molecule has 0 unspecified atom stereocenters. The summed E-state index contributed by atoms with van der Waals surface area (Å²) in [5.41, 5.74) is 1.04. The van der Waals surface area contributed by atoms with Crippen LogP contribution in [0.5, 0.6) is 5.75 Å². The van der Waals surface area contributed by atoms with Crippen molar-refractivity contribution in [1.29, 1.82) is 0 Å². The summed E-state index contributed by atoms with van der Waals surface area (Å²) in [6, 6.07) is 10.1. The predicted molar refractivity (Wildman–Crippen MR) is 82.3 cm³/mol. The molecule has 3 rings (SSSR count). The summed E-state index contributed by atoms with van der Waals surface area (Å²) < 4.78 is 5.22. The number of esters is 1. The zero-order valence-corrected chi connectivity index (χ0v) is 12.3. The van der Waals surface area contributed by atoms with Crippen molar-refractivity contribution in [2.45, 2.75) is 6.92 Å². The first kappa shape index (κ1) is 14.3. The number of nitrogens with one attached hydrogen (secondary N) is 1. The second-order valence-electron chi connectivity index (χ2n) is 4.66. The number of nitrogens with zero attached hydrogens (tertiary/aromatic N) is 1. The summed E-state index contributed by atoms with van der Waals surface area (Å²) in [6.45, 7) is 1.28. The average molecular weight is 315 g/mol. The molecular weight excluding hydrogens is 304 g/mol. The molecule has 2 aromatic heterocycles. The van der Waals surface area contributed by atoms with Gasteiger partial charge in [0.25, 0.3) is 0 Å². The van der Waals surface area contributed by atoms with Crippen molar-refractivity contribution in [2.24, 2.45) is 0 Å². The van der Waals surface area contributed by atoms with Crippen LogP contribution in [0.3, 0.4) is 0 Å². The van der Waals surface area contributed by atoms with Crippen LogP contribution in [0, 0.1) is 0 Å². The van der Waals surface area contributed by atoms with Crippen molar-refractivity contribution in [3.05, 3.63) is 59.0 Å². The van der Waals surface area contributed by atoms with Crippen LogP contribution in [0.1, 0.15) is 23.1 Å². The number of ether oxygens (including phenoxy) is 1. The number of hydrogen-bond acceptors (Lipinski definition) is 4. The van der Waals surface area contributed by atoms with E-state index in [4.69, 9.17) is 16.3 Å². The first-order valence-corrected chi connectivity index (χ1v) is 6.89. The summed E-state index contributed by atoms with van der Waals surface area (Å²) in [5, 5.41) is 1.12. The van der Waals surface area contributed by atoms with Gasteiger partial charge < -0.3 is 9.72 Å². The molecule has 0 aliphatic heterocycles. The summed E-state index contributed by atoms with van der Waals surface area (Å²) in [5.74, 6) is -0.676. The van der Waals surface area contributed by atoms with E-state index >= 15 is 0 Å². The minimum atomic E-state index is -0.508. The lowest BCUT2D eigenvalue weighted by molar-refractivity contribution is -0.131. The van der Waals surface area contributed by atoms with E-state index < -0.39 is 5.97 Å². The summed E-state index contributed by atoms with van der Waals surface area (Å²) in [6.07, 6.45) is 1.53. The van der Waals surface area contributed by atoms with Crippen molar-refractivity contribution in [1.82, 2.24) is 9.97 Å². The number of hydrogen-bond donors (Lipinski definition) is 1. The van der Waals surface area contributed by atoms with Gasteiger partial charge in [-0.15, -0.1) is 0 Å². The Bertz CT molecular complexity index is 872. The SMILES string of the molecule is CC(=O)Oc1c(C(=O)c2ccccn2)[nH]c2cc(Cl)ccc12. The van der Waals surface area contributed by atoms with Crippen LogP contribution in [0.15, 0.2) is 42.6 Å². The maximum atomic E-state index is 12.6. The molecule has 0 atom stereocenters. The molecular formula is C16H11ClN2O3. The van der Waals surface area contributed by atoms with Crippen LogP contribution in [0.4, 0.5) is 0 Å². The van der Waals surface area contributed by atoms with Gasteiger partial charge >= 0.3 is 5.97 Å². The second-order valence-corrected chi connectivity index (χ2v) is 5.09. The normalized spacial score (nSPS) is 10.6. The van der Waals surface area contributed by atoms with Gasteiger partial charge in [0.05, 0.1) is 5.52 Å². The molecule has 0 aliphatic carbocycles. The molecule has 3 aromatic rings. The zero-order chi connectivity index (χ0) is 15.7. The van der Waals surface area contributed by atoms with Gasteiger partial charge in [-0.1, -0.05) is 17.7 Å². The number of halogens is 1. The molecule has 0 bridgehead atoms. The maximum absolute atomic E-state index is 12.6. The lowest BCUT2D eigenvalue weighted by Crippen LogP contribution is -2.09. The second kappa shape index (κ2) is 5.61. The Balaban J connectivity index is 2.19. The number of ketones is 1. The molecule has 5 nitrogen and oxygen atoms in total. The predicted octanol–water partition coefficient (Wildman–Crippen LogP) is 3.37. The number of pyridine rings is 1. The van der Waals surface area contributed by atoms with Crippen molar-refractivity contribution in [3.63, 3.8) is 0 Å². The van der Waals surface area contributed by atoms with E-state index in [1.807, 2.05) is 0 Å². The molecule has 2 heterocycles. The molecule has 1 aromatic carbocycles. The highest BCUT2D eigenvalue weighted by molar-refractivity contribution is 6.31. The summed E-state index contributed by atoms with van der Waals surface area (Å²) in [7, 11) is 0. The Kier molecular flexibility index (Phi) is 3.65. The van der Waals surface area contributed by atoms with Crippen LogP contribution >= 0.6 is 11.6 Å². The quantitative estimate of drug-likeness (QED) is 0.594. The van der Waals surface area contributed by atoms with Crippen molar-refractivity contribution >= 4 is 34.3 Å². The number of fused-ring (bicyclic) bond motifs is 1. The number of aromatic amines is 1. The van der Waals surface area contributed by atoms with Crippen LogP contribution in [-0.4, -0.2) is 21.7 Å². The minimum absolute atomic E-state index is 0.172. The molecule has 110 valence electrons. The minimum Gasteiger partial charge on any atom is -0.424 e. The Morgan fingerprint density at radius 2 is 2.05 bits per heavy atom. The fourth-order valence-corrected chi connectivity index (χ4v) is 2.35. The van der Waals surface area contributed by atoms with Crippen molar-refractivity contribution < 1.29 is 14.3 Å². The van der Waals surface area contributed by atoms with Gasteiger partial charge in [0.2, 0.25) is 5.78 Å². The third-order valence-corrected chi connectivity index (χ3v) is 3.32. The smallest absolute Gasteiger partial charge is 0.308 e. The Morgan fingerprint density at radius 1 is 1.23 bits per heavy atom. The number of rotatable bonds is 3.